The lowest BCUT2D eigenvalue weighted by atomic mass is 10.3. The zero-order valence-corrected chi connectivity index (χ0v) is 14.3. The van der Waals surface area contributed by atoms with Crippen LogP contribution in [0.5, 0.6) is 11.5 Å². The van der Waals surface area contributed by atoms with Gasteiger partial charge in [0.2, 0.25) is 0 Å². The predicted molar refractivity (Wildman–Crippen MR) is 82.6 cm³/mol. The molecular formula is C13H10Br2O4S. The molecule has 106 valence electrons. The predicted octanol–water partition coefficient (Wildman–Crippen LogP) is 3.99. The van der Waals surface area contributed by atoms with Gasteiger partial charge in [-0.15, -0.1) is 0 Å². The van der Waals surface area contributed by atoms with Crippen molar-refractivity contribution in [1.82, 2.24) is 0 Å². The molecule has 0 aliphatic heterocycles. The Labute approximate surface area is 134 Å². The first-order chi connectivity index (χ1) is 9.42. The molecule has 0 aromatic heterocycles. The normalized spacial score (nSPS) is 11.2. The summed E-state index contributed by atoms with van der Waals surface area (Å²) in [6.07, 6.45) is 0. The van der Waals surface area contributed by atoms with Crippen molar-refractivity contribution in [3.63, 3.8) is 0 Å². The minimum Gasteiger partial charge on any atom is -0.497 e. The van der Waals surface area contributed by atoms with Crippen LogP contribution in [0.3, 0.4) is 0 Å². The number of benzene rings is 2. The highest BCUT2D eigenvalue weighted by Crippen LogP contribution is 2.30. The molecule has 0 radical (unpaired) electrons. The van der Waals surface area contributed by atoms with Crippen LogP contribution in [0.1, 0.15) is 0 Å². The van der Waals surface area contributed by atoms with E-state index >= 15 is 0 Å². The van der Waals surface area contributed by atoms with Gasteiger partial charge in [-0.2, -0.15) is 8.42 Å². The van der Waals surface area contributed by atoms with Gasteiger partial charge in [0.05, 0.1) is 11.6 Å². The summed E-state index contributed by atoms with van der Waals surface area (Å²) < 4.78 is 35.7. The average Bonchev–Trinajstić information content (AvgIpc) is 2.42. The molecule has 0 amide bonds. The largest absolute Gasteiger partial charge is 0.497 e. The van der Waals surface area contributed by atoms with Gasteiger partial charge in [0.1, 0.15) is 10.6 Å². The lowest BCUT2D eigenvalue weighted by Crippen LogP contribution is -2.10. The Hall–Kier alpha value is -1.05. The van der Waals surface area contributed by atoms with Crippen LogP contribution in [0.4, 0.5) is 0 Å². The second kappa shape index (κ2) is 6.15. The van der Waals surface area contributed by atoms with Gasteiger partial charge in [-0.05, 0) is 58.4 Å². The molecule has 20 heavy (non-hydrogen) atoms. The summed E-state index contributed by atoms with van der Waals surface area (Å²) in [4.78, 5) is 0.0631. The average molecular weight is 422 g/mol. The summed E-state index contributed by atoms with van der Waals surface area (Å²) in [7, 11) is -2.36. The van der Waals surface area contributed by atoms with Gasteiger partial charge in [0, 0.05) is 4.47 Å². The Morgan fingerprint density at radius 2 is 1.65 bits per heavy atom. The van der Waals surface area contributed by atoms with E-state index in [2.05, 4.69) is 31.9 Å². The van der Waals surface area contributed by atoms with Gasteiger partial charge >= 0.3 is 10.1 Å². The van der Waals surface area contributed by atoms with Gasteiger partial charge in [-0.25, -0.2) is 0 Å². The Kier molecular flexibility index (Phi) is 4.72. The van der Waals surface area contributed by atoms with Crippen molar-refractivity contribution < 1.29 is 17.3 Å². The topological polar surface area (TPSA) is 52.6 Å². The van der Waals surface area contributed by atoms with Crippen molar-refractivity contribution in [3.05, 3.63) is 51.4 Å². The third-order valence-electron chi connectivity index (χ3n) is 2.44. The second-order valence-corrected chi connectivity index (χ2v) is 7.10. The number of ether oxygens (including phenoxy) is 1. The molecule has 0 unspecified atom stereocenters. The number of hydrogen-bond donors (Lipinski definition) is 0. The summed E-state index contributed by atoms with van der Waals surface area (Å²) in [5.41, 5.74) is 0. The van der Waals surface area contributed by atoms with Gasteiger partial charge in [-0.3, -0.25) is 0 Å². The molecule has 2 aromatic rings. The fourth-order valence-electron chi connectivity index (χ4n) is 1.45. The van der Waals surface area contributed by atoms with Gasteiger partial charge < -0.3 is 8.92 Å². The molecule has 0 bridgehead atoms. The molecule has 0 saturated carbocycles. The van der Waals surface area contributed by atoms with Crippen molar-refractivity contribution in [2.45, 2.75) is 4.90 Å². The highest BCUT2D eigenvalue weighted by Gasteiger charge is 2.18. The first-order valence-electron chi connectivity index (χ1n) is 5.46. The van der Waals surface area contributed by atoms with Gasteiger partial charge in [0.15, 0.2) is 5.75 Å². The molecule has 0 atom stereocenters. The van der Waals surface area contributed by atoms with Crippen LogP contribution in [0.2, 0.25) is 0 Å². The van der Waals surface area contributed by atoms with E-state index in [1.165, 1.54) is 19.2 Å². The van der Waals surface area contributed by atoms with Gasteiger partial charge in [-0.1, -0.05) is 15.9 Å². The van der Waals surface area contributed by atoms with E-state index in [1.54, 1.807) is 30.3 Å². The molecule has 0 saturated heterocycles. The highest BCUT2D eigenvalue weighted by atomic mass is 79.9. The quantitative estimate of drug-likeness (QED) is 0.700. The summed E-state index contributed by atoms with van der Waals surface area (Å²) >= 11 is 6.54. The summed E-state index contributed by atoms with van der Waals surface area (Å²) in [6.45, 7) is 0. The molecular weight excluding hydrogens is 412 g/mol. The van der Waals surface area contributed by atoms with E-state index in [9.17, 15) is 8.42 Å². The standard InChI is InChI=1S/C13H10Br2O4S/c1-18-10-3-5-11(6-4-10)20(16,17)19-13-7-2-9(14)8-12(13)15/h2-8H,1H3. The van der Waals surface area contributed by atoms with Crippen molar-refractivity contribution in [1.29, 1.82) is 0 Å². The Morgan fingerprint density at radius 1 is 1.00 bits per heavy atom. The van der Waals surface area contributed by atoms with E-state index in [4.69, 9.17) is 8.92 Å². The SMILES string of the molecule is COc1ccc(S(=O)(=O)Oc2ccc(Br)cc2Br)cc1. The minimum absolute atomic E-state index is 0.0631. The first-order valence-corrected chi connectivity index (χ1v) is 8.45. The minimum atomic E-state index is -3.87. The number of rotatable bonds is 4. The van der Waals surface area contributed by atoms with Crippen molar-refractivity contribution in [2.24, 2.45) is 0 Å². The Morgan fingerprint density at radius 3 is 2.20 bits per heavy atom. The Bertz CT molecular complexity index is 712. The summed E-state index contributed by atoms with van der Waals surface area (Å²) in [6, 6.07) is 11.0. The van der Waals surface area contributed by atoms with Crippen molar-refractivity contribution in [3.8, 4) is 11.5 Å². The van der Waals surface area contributed by atoms with Crippen LogP contribution in [-0.4, -0.2) is 15.5 Å². The molecule has 0 aliphatic rings. The van der Waals surface area contributed by atoms with Crippen LogP contribution in [0.25, 0.3) is 0 Å². The maximum Gasteiger partial charge on any atom is 0.339 e. The van der Waals surface area contributed by atoms with E-state index in [0.29, 0.717) is 10.2 Å². The van der Waals surface area contributed by atoms with Crippen molar-refractivity contribution in [2.75, 3.05) is 7.11 Å². The number of methoxy groups -OCH3 is 1. The summed E-state index contributed by atoms with van der Waals surface area (Å²) in [5, 5.41) is 0. The maximum absolute atomic E-state index is 12.1. The second-order valence-electron chi connectivity index (χ2n) is 3.79. The maximum atomic E-state index is 12.1. The smallest absolute Gasteiger partial charge is 0.339 e. The van der Waals surface area contributed by atoms with Crippen molar-refractivity contribution >= 4 is 42.0 Å². The zero-order chi connectivity index (χ0) is 14.8. The van der Waals surface area contributed by atoms with Crippen LogP contribution in [-0.2, 0) is 10.1 Å². The lowest BCUT2D eigenvalue weighted by molar-refractivity contribution is 0.414. The third-order valence-corrected chi connectivity index (χ3v) is 4.80. The van der Waals surface area contributed by atoms with E-state index in [0.717, 1.165) is 4.47 Å². The number of halogens is 2. The molecule has 0 aliphatic carbocycles. The van der Waals surface area contributed by atoms with E-state index < -0.39 is 10.1 Å². The molecule has 4 nitrogen and oxygen atoms in total. The van der Waals surface area contributed by atoms with E-state index in [1.807, 2.05) is 0 Å². The molecule has 0 spiro atoms. The summed E-state index contributed by atoms with van der Waals surface area (Å²) in [5.74, 6) is 0.804. The van der Waals surface area contributed by atoms with Crippen LogP contribution in [0.15, 0.2) is 56.3 Å². The lowest BCUT2D eigenvalue weighted by Gasteiger charge is -2.09. The molecule has 0 fully saturated rings. The van der Waals surface area contributed by atoms with Gasteiger partial charge in [0.25, 0.3) is 0 Å². The molecule has 7 heteroatoms. The van der Waals surface area contributed by atoms with Crippen LogP contribution >= 0.6 is 31.9 Å². The zero-order valence-electron chi connectivity index (χ0n) is 10.3. The van der Waals surface area contributed by atoms with E-state index in [-0.39, 0.29) is 10.6 Å². The highest BCUT2D eigenvalue weighted by molar-refractivity contribution is 9.11. The third kappa shape index (κ3) is 3.53. The molecule has 2 aromatic carbocycles. The fourth-order valence-corrected chi connectivity index (χ4v) is 3.63. The van der Waals surface area contributed by atoms with Crippen LogP contribution < -0.4 is 8.92 Å². The molecule has 2 rings (SSSR count). The number of hydrogen-bond acceptors (Lipinski definition) is 4. The fraction of sp³-hybridized carbons (Fsp3) is 0.0769. The molecule has 0 heterocycles. The first kappa shape index (κ1) is 15.3. The van der Waals surface area contributed by atoms with Crippen LogP contribution in [0, 0.1) is 0 Å². The molecule has 0 N–H and O–H groups in total. The monoisotopic (exact) mass is 420 g/mol. The Balaban J connectivity index is 2.30.